The number of ether oxygens (including phenoxy) is 7. The molecule has 6 aliphatic heterocycles. The number of rotatable bonds is 21. The molecule has 5 aliphatic carbocycles. The molecule has 43 heteroatoms. The number of likely N-dealkylation sites (N-methyl/N-ethyl adjacent to an activating group) is 1. The van der Waals surface area contributed by atoms with E-state index in [0.717, 1.165) is 85.5 Å². The third kappa shape index (κ3) is 21.2. The summed E-state index contributed by atoms with van der Waals surface area (Å²) < 4.78 is 44.8. The van der Waals surface area contributed by atoms with Gasteiger partial charge in [0.1, 0.15) is 121 Å². The van der Waals surface area contributed by atoms with Crippen molar-refractivity contribution in [1.82, 2.24) is 47.4 Å². The Morgan fingerprint density at radius 1 is 0.650 bits per heavy atom. The molecule has 18 rings (SSSR count). The largest absolute Gasteiger partial charge is 0.508 e. The maximum absolute atomic E-state index is 16.6. The number of primary amides is 1. The van der Waals surface area contributed by atoms with Crippen LogP contribution in [-0.2, 0) is 70.5 Å². The summed E-state index contributed by atoms with van der Waals surface area (Å²) in [7, 11) is 1.20. The van der Waals surface area contributed by atoms with Crippen molar-refractivity contribution in [3.63, 3.8) is 0 Å². The van der Waals surface area contributed by atoms with Gasteiger partial charge >= 0.3 is 12.2 Å². The molecule has 0 radical (unpaired) electrons. The van der Waals surface area contributed by atoms with Crippen molar-refractivity contribution in [2.24, 2.45) is 41.2 Å². The van der Waals surface area contributed by atoms with Crippen molar-refractivity contribution < 1.29 is 137 Å². The number of nitrogens with one attached hydrogen (secondary N) is 8. The van der Waals surface area contributed by atoms with Crippen LogP contribution in [0.2, 0.25) is 5.02 Å². The number of aliphatic hydroxyl groups is 6. The first kappa shape index (κ1) is 97.9. The number of aromatic hydroxyl groups is 3. The number of nitro groups is 2. The SMILES string of the molecule is Cc1cc2ccc1Oc1cc3cc(c1O[C@@H]1C[C@H](CO)[C@@H](O)[C@H](O)[C@H]1O[C@H]1C[C@](C)(NC(=O)OCc4ccc([N+](=O)[O-])cc4)[C@H](O)[C@H](C)O1)Oc1ccc(cc1Cl)[C@@H](O)[C@@H]1NC(=O)[C@H](NC(=O)[C@@H]3NC(=O)[C@H](CC(N)=O)NC(=O)[C@H](NC(=O)[C@@H](CC(C)C)N(C)C(=O)OCc3ccc([N+](=O)[O-])cc3)[C@@H]2O)c2ccc(O)c(c2)-c2c(O)cc(O)cc2[C@@H](C(=O)NC2C3CC4CC(C3)CC2C4)NC1=O. The number of nitrogens with two attached hydrogens (primary N) is 1. The molecule has 19 N–H and O–H groups in total. The van der Waals surface area contributed by atoms with Crippen LogP contribution >= 0.6 is 11.6 Å². The zero-order valence-corrected chi connectivity index (χ0v) is 75.5. The number of aryl methyl sites for hydroxylation is 1. The van der Waals surface area contributed by atoms with E-state index in [1.807, 2.05) is 0 Å². The molecule has 10 amide bonds. The molecule has 15 bridgehead atoms. The molecule has 137 heavy (non-hydrogen) atoms. The predicted octanol–water partition coefficient (Wildman–Crippen LogP) is 6.11. The van der Waals surface area contributed by atoms with E-state index in [1.165, 1.54) is 107 Å². The number of alkyl carbamates (subject to hydrolysis) is 1. The fraction of sp³-hybridized carbons (Fsp3) is 0.447. The molecule has 1 saturated heterocycles. The number of nitrogens with zero attached hydrogens (tertiary/aromatic N) is 3. The third-order valence-electron chi connectivity index (χ3n) is 26.8. The number of non-ortho nitro benzene ring substituents is 2. The van der Waals surface area contributed by atoms with Gasteiger partial charge in [-0.25, -0.2) is 9.59 Å². The first-order valence-electron chi connectivity index (χ1n) is 44.6. The highest BCUT2D eigenvalue weighted by atomic mass is 35.5. The van der Waals surface area contributed by atoms with Gasteiger partial charge in [0, 0.05) is 73.5 Å². The summed E-state index contributed by atoms with van der Waals surface area (Å²) in [5.74, 6) is -15.5. The number of carbonyl (C=O) groups is 10. The molecular formula is C94H105ClN12O30. The smallest absolute Gasteiger partial charge is 0.410 e. The molecule has 11 aliphatic rings. The molecule has 0 spiro atoms. The minimum atomic E-state index is -2.41. The summed E-state index contributed by atoms with van der Waals surface area (Å²) in [4.78, 5) is 174. The van der Waals surface area contributed by atoms with Crippen LogP contribution in [0.25, 0.3) is 11.1 Å². The number of phenolic OH excluding ortho intramolecular Hbond substituents is 3. The van der Waals surface area contributed by atoms with E-state index in [-0.39, 0.29) is 74.5 Å². The fourth-order valence-electron chi connectivity index (χ4n) is 19.9. The molecule has 0 unspecified atom stereocenters. The normalized spacial score (nSPS) is 28.5. The Morgan fingerprint density at radius 3 is 1.85 bits per heavy atom. The number of phenols is 3. The van der Waals surface area contributed by atoms with Gasteiger partial charge in [-0.2, -0.15) is 0 Å². The predicted molar refractivity (Wildman–Crippen MR) is 478 cm³/mol. The molecule has 7 aromatic rings. The van der Waals surface area contributed by atoms with Crippen molar-refractivity contribution in [2.75, 3.05) is 13.7 Å². The van der Waals surface area contributed by atoms with E-state index in [2.05, 4.69) is 42.5 Å². The highest BCUT2D eigenvalue weighted by Gasteiger charge is 2.54. The van der Waals surface area contributed by atoms with E-state index in [0.29, 0.717) is 23.0 Å². The summed E-state index contributed by atoms with van der Waals surface area (Å²) in [5, 5.41) is 152. The number of aliphatic hydroxyl groups excluding tert-OH is 6. The first-order valence-corrected chi connectivity index (χ1v) is 45.0. The Balaban J connectivity index is 0.871. The minimum Gasteiger partial charge on any atom is -0.508 e. The van der Waals surface area contributed by atoms with Crippen LogP contribution in [0.1, 0.15) is 160 Å². The molecule has 7 aromatic carbocycles. The molecule has 6 heterocycles. The van der Waals surface area contributed by atoms with Crippen molar-refractivity contribution in [3.8, 4) is 57.1 Å². The maximum atomic E-state index is 16.6. The van der Waals surface area contributed by atoms with Crippen LogP contribution in [0, 0.1) is 62.7 Å². The lowest BCUT2D eigenvalue weighted by atomic mass is 9.54. The van der Waals surface area contributed by atoms with Crippen molar-refractivity contribution in [2.45, 2.75) is 215 Å². The Hall–Kier alpha value is -13.6. The van der Waals surface area contributed by atoms with Gasteiger partial charge < -0.3 is 127 Å². The summed E-state index contributed by atoms with van der Waals surface area (Å²) in [6, 6.07) is 9.59. The van der Waals surface area contributed by atoms with E-state index in [1.54, 1.807) is 13.8 Å². The highest BCUT2D eigenvalue weighted by Crippen LogP contribution is 2.55. The molecule has 6 fully saturated rings. The van der Waals surface area contributed by atoms with E-state index < -0.39 is 280 Å². The quantitative estimate of drug-likeness (QED) is 0.0285. The monoisotopic (exact) mass is 1920 g/mol. The average molecular weight is 1920 g/mol. The number of hydrogen-bond donors (Lipinski definition) is 18. The molecule has 18 atom stereocenters. The zero-order chi connectivity index (χ0) is 98.4. The number of benzene rings is 7. The standard InChI is InChI=1S/C94H105ClN12O30/c1-40(2)21-61(105(6)93(126)132-39-44-9-16-55(17-10-44)107(129)130)86(119)102-76-78(113)48-12-19-64(41(3)22-48)134-66-30-52-31-67(82(66)136-68-32-53(37-108)80(115)81(116)83(68)137-70-36-94(5,84(117)42(4)133-70)104-92(125)131-38-43-7-14-54(15-8-43)106(127)128)135-65-20-13-49(29-59(65)95)79(114)77-91(124)101-75(89(122)98-72-50-24-45-23-46(26-50)27-51(72)25-45)58-33-56(109)34-63(111)71(58)57-28-47(11-18-62(57)110)73(87(120)103-77)100-88(121)74(52)99-85(118)60(35-69(96)112)97-90(76)123/h7-20,22,28-31,33-34,40,42,45-46,50-51,53,60-61,68,70,72-81,83-84,108-111,113-117H,21,23-27,32,35-39H2,1-6H3,(H2,96,112)(H,97,123)(H,98,122)(H,99,118)(H,100,121)(H,101,124)(H,102,119)(H,103,120)(H,104,125)/t42-,45?,46?,50?,51?,53+,60-,61+,68+,70-,72?,73+,74+,75-,76+,77-,78+,79+,80+,81-,83-,84+,94-/m0/s1. The summed E-state index contributed by atoms with van der Waals surface area (Å²) in [5.41, 5.74) is 2.13. The summed E-state index contributed by atoms with van der Waals surface area (Å²) in [6.45, 7) is 6.03. The number of halogens is 1. The molecular weight excluding hydrogens is 1810 g/mol. The van der Waals surface area contributed by atoms with Crippen LogP contribution in [0.3, 0.4) is 0 Å². The van der Waals surface area contributed by atoms with Gasteiger partial charge in [0.15, 0.2) is 17.8 Å². The van der Waals surface area contributed by atoms with Gasteiger partial charge in [-0.3, -0.25) is 63.5 Å². The maximum Gasteiger partial charge on any atom is 0.410 e. The third-order valence-corrected chi connectivity index (χ3v) is 27.1. The minimum absolute atomic E-state index is 0.0338. The number of hydrogen-bond acceptors (Lipinski definition) is 30. The van der Waals surface area contributed by atoms with Crippen LogP contribution in [0.5, 0.6) is 46.0 Å². The Bertz CT molecular complexity index is 5850. The summed E-state index contributed by atoms with van der Waals surface area (Å²) in [6.07, 6.45) is -16.3. The van der Waals surface area contributed by atoms with Crippen LogP contribution < -0.4 is 62.5 Å². The molecule has 0 aromatic heterocycles. The van der Waals surface area contributed by atoms with E-state index in [4.69, 9.17) is 50.5 Å². The van der Waals surface area contributed by atoms with Gasteiger partial charge in [-0.05, 0) is 219 Å². The molecule has 728 valence electrons. The lowest BCUT2D eigenvalue weighted by Crippen LogP contribution is -2.65. The fourth-order valence-corrected chi connectivity index (χ4v) is 20.2. The lowest BCUT2D eigenvalue weighted by molar-refractivity contribution is -0.385. The Labute approximate surface area is 786 Å². The van der Waals surface area contributed by atoms with Crippen LogP contribution in [0.15, 0.2) is 127 Å². The van der Waals surface area contributed by atoms with Gasteiger partial charge in [0.25, 0.3) is 11.4 Å². The van der Waals surface area contributed by atoms with Crippen molar-refractivity contribution >= 4 is 82.4 Å². The van der Waals surface area contributed by atoms with Gasteiger partial charge in [-0.1, -0.05) is 43.6 Å². The number of fused-ring (bicyclic) bond motifs is 15. The van der Waals surface area contributed by atoms with Crippen LogP contribution in [-0.4, -0.2) is 212 Å². The average Bonchev–Trinajstić information content (AvgIpc) is 0.761. The second-order valence-corrected chi connectivity index (χ2v) is 37.4. The summed E-state index contributed by atoms with van der Waals surface area (Å²) >= 11 is 7.33. The second kappa shape index (κ2) is 40.4. The second-order valence-electron chi connectivity index (χ2n) is 37.0. The highest BCUT2D eigenvalue weighted by molar-refractivity contribution is 6.32. The molecule has 42 nitrogen and oxygen atoms in total. The van der Waals surface area contributed by atoms with Crippen molar-refractivity contribution in [3.05, 3.63) is 197 Å². The van der Waals surface area contributed by atoms with E-state index in [9.17, 15) is 80.6 Å². The Morgan fingerprint density at radius 2 is 1.24 bits per heavy atom. The van der Waals surface area contributed by atoms with Crippen LogP contribution in [0.4, 0.5) is 21.0 Å². The topological polar surface area (TPSA) is 629 Å². The lowest BCUT2D eigenvalue weighted by Gasteiger charge is -2.54. The van der Waals surface area contributed by atoms with Gasteiger partial charge in [0.05, 0.1) is 39.0 Å². The molecule has 5 saturated carbocycles. The first-order chi connectivity index (χ1) is 65.1. The van der Waals surface area contributed by atoms with E-state index >= 15 is 33.6 Å². The Kier molecular flexibility index (Phi) is 28.9. The van der Waals surface area contributed by atoms with Gasteiger partial charge in [0.2, 0.25) is 53.0 Å². The van der Waals surface area contributed by atoms with Crippen molar-refractivity contribution in [1.29, 1.82) is 0 Å². The number of amides is 10. The number of nitro benzene ring substituents is 2. The zero-order valence-electron chi connectivity index (χ0n) is 74.8. The number of carbonyl (C=O) groups excluding carboxylic acids is 10. The van der Waals surface area contributed by atoms with Gasteiger partial charge in [-0.15, -0.1) is 0 Å².